The van der Waals surface area contributed by atoms with E-state index in [4.69, 9.17) is 9.84 Å². The van der Waals surface area contributed by atoms with Gasteiger partial charge in [0.05, 0.1) is 6.61 Å². The molecule has 0 spiro atoms. The molecule has 0 aromatic carbocycles. The maximum absolute atomic E-state index is 11.5. The SMILES string of the molecule is O=C(OCCO)N1CCN(c2nccs2)CC1. The molecule has 1 aromatic heterocycles. The van der Waals surface area contributed by atoms with Crippen LogP contribution in [0.25, 0.3) is 0 Å². The Hall–Kier alpha value is -1.34. The Morgan fingerprint density at radius 1 is 1.47 bits per heavy atom. The number of rotatable bonds is 3. The molecule has 0 aliphatic carbocycles. The van der Waals surface area contributed by atoms with Gasteiger partial charge in [0.25, 0.3) is 0 Å². The molecule has 1 saturated heterocycles. The fourth-order valence-corrected chi connectivity index (χ4v) is 2.37. The number of hydrogen-bond acceptors (Lipinski definition) is 6. The number of aromatic nitrogens is 1. The van der Waals surface area contributed by atoms with Gasteiger partial charge in [-0.25, -0.2) is 9.78 Å². The third kappa shape index (κ3) is 3.07. The minimum absolute atomic E-state index is 0.0610. The summed E-state index contributed by atoms with van der Waals surface area (Å²) in [6.45, 7) is 2.72. The predicted octanol–water partition coefficient (Wildman–Crippen LogP) is 0.394. The first-order valence-electron chi connectivity index (χ1n) is 5.48. The highest BCUT2D eigenvalue weighted by atomic mass is 32.1. The van der Waals surface area contributed by atoms with Gasteiger partial charge < -0.3 is 19.6 Å². The smallest absolute Gasteiger partial charge is 0.409 e. The summed E-state index contributed by atoms with van der Waals surface area (Å²) >= 11 is 1.60. The van der Waals surface area contributed by atoms with E-state index in [0.29, 0.717) is 13.1 Å². The molecule has 17 heavy (non-hydrogen) atoms. The zero-order valence-corrected chi connectivity index (χ0v) is 10.2. The standard InChI is InChI=1S/C10H15N3O3S/c14-6-7-16-10(15)13-4-2-12(3-5-13)9-11-1-8-17-9/h1,8,14H,2-7H2. The van der Waals surface area contributed by atoms with Crippen LogP contribution in [0, 0.1) is 0 Å². The number of piperazine rings is 1. The first-order chi connectivity index (χ1) is 8.31. The number of anilines is 1. The molecule has 0 saturated carbocycles. The highest BCUT2D eigenvalue weighted by Gasteiger charge is 2.22. The number of aliphatic hydroxyl groups is 1. The Kier molecular flexibility index (Phi) is 4.16. The van der Waals surface area contributed by atoms with Crippen molar-refractivity contribution in [1.82, 2.24) is 9.88 Å². The van der Waals surface area contributed by atoms with E-state index in [1.807, 2.05) is 5.38 Å². The fraction of sp³-hybridized carbons (Fsp3) is 0.600. The van der Waals surface area contributed by atoms with E-state index >= 15 is 0 Å². The lowest BCUT2D eigenvalue weighted by molar-refractivity contribution is 0.0826. The summed E-state index contributed by atoms with van der Waals surface area (Å²) in [5, 5.41) is 11.5. The largest absolute Gasteiger partial charge is 0.447 e. The van der Waals surface area contributed by atoms with Crippen molar-refractivity contribution >= 4 is 22.6 Å². The van der Waals surface area contributed by atoms with E-state index in [0.717, 1.165) is 18.2 Å². The average molecular weight is 257 g/mol. The summed E-state index contributed by atoms with van der Waals surface area (Å²) in [6, 6.07) is 0. The van der Waals surface area contributed by atoms with Crippen LogP contribution in [0.2, 0.25) is 0 Å². The number of ether oxygens (including phenoxy) is 1. The minimum atomic E-state index is -0.349. The number of nitrogens with zero attached hydrogens (tertiary/aromatic N) is 3. The molecule has 0 radical (unpaired) electrons. The second kappa shape index (κ2) is 5.83. The summed E-state index contributed by atoms with van der Waals surface area (Å²) in [7, 11) is 0. The minimum Gasteiger partial charge on any atom is -0.447 e. The lowest BCUT2D eigenvalue weighted by Crippen LogP contribution is -2.49. The first kappa shape index (κ1) is 12.1. The topological polar surface area (TPSA) is 65.9 Å². The van der Waals surface area contributed by atoms with Crippen molar-refractivity contribution in [2.45, 2.75) is 0 Å². The maximum atomic E-state index is 11.5. The van der Waals surface area contributed by atoms with Gasteiger partial charge in [-0.15, -0.1) is 11.3 Å². The molecular formula is C10H15N3O3S. The Morgan fingerprint density at radius 3 is 2.82 bits per heavy atom. The molecule has 1 aliphatic rings. The first-order valence-corrected chi connectivity index (χ1v) is 6.36. The summed E-state index contributed by atoms with van der Waals surface area (Å²) in [5.74, 6) is 0. The quantitative estimate of drug-likeness (QED) is 0.848. The molecule has 6 nitrogen and oxygen atoms in total. The zero-order chi connectivity index (χ0) is 12.1. The highest BCUT2D eigenvalue weighted by Crippen LogP contribution is 2.18. The molecule has 0 bridgehead atoms. The highest BCUT2D eigenvalue weighted by molar-refractivity contribution is 7.13. The van der Waals surface area contributed by atoms with Crippen LogP contribution < -0.4 is 4.90 Å². The van der Waals surface area contributed by atoms with Gasteiger partial charge in [0.1, 0.15) is 6.61 Å². The summed E-state index contributed by atoms with van der Waals surface area (Å²) in [5.41, 5.74) is 0. The monoisotopic (exact) mass is 257 g/mol. The van der Waals surface area contributed by atoms with Gasteiger partial charge in [0.2, 0.25) is 0 Å². The number of amides is 1. The Labute approximate surface area is 103 Å². The lowest BCUT2D eigenvalue weighted by atomic mass is 10.3. The Balaban J connectivity index is 1.80. The van der Waals surface area contributed by atoms with Crippen LogP contribution in [0.1, 0.15) is 0 Å². The van der Waals surface area contributed by atoms with E-state index in [-0.39, 0.29) is 19.3 Å². The second-order valence-electron chi connectivity index (χ2n) is 3.63. The molecule has 1 aliphatic heterocycles. The average Bonchev–Trinajstić information content (AvgIpc) is 2.90. The van der Waals surface area contributed by atoms with E-state index in [9.17, 15) is 4.79 Å². The molecule has 94 valence electrons. The van der Waals surface area contributed by atoms with Gasteiger partial charge in [-0.2, -0.15) is 0 Å². The summed E-state index contributed by atoms with van der Waals surface area (Å²) in [6.07, 6.45) is 1.43. The van der Waals surface area contributed by atoms with Crippen LogP contribution in [-0.4, -0.2) is 60.5 Å². The number of thiazole rings is 1. The van der Waals surface area contributed by atoms with Gasteiger partial charge in [-0.05, 0) is 0 Å². The van der Waals surface area contributed by atoms with Crippen molar-refractivity contribution in [3.63, 3.8) is 0 Å². The molecule has 1 amide bonds. The number of hydrogen-bond donors (Lipinski definition) is 1. The third-order valence-corrected chi connectivity index (χ3v) is 3.38. The predicted molar refractivity (Wildman–Crippen MR) is 64.3 cm³/mol. The van der Waals surface area contributed by atoms with E-state index in [1.54, 1.807) is 22.4 Å². The van der Waals surface area contributed by atoms with Crippen LogP contribution in [0.15, 0.2) is 11.6 Å². The Morgan fingerprint density at radius 2 is 2.24 bits per heavy atom. The van der Waals surface area contributed by atoms with Crippen LogP contribution >= 0.6 is 11.3 Å². The van der Waals surface area contributed by atoms with Gasteiger partial charge in [0, 0.05) is 37.8 Å². The maximum Gasteiger partial charge on any atom is 0.409 e. The molecule has 1 N–H and O–H groups in total. The molecule has 2 rings (SSSR count). The van der Waals surface area contributed by atoms with Gasteiger partial charge in [-0.3, -0.25) is 0 Å². The number of carbonyl (C=O) groups is 1. The van der Waals surface area contributed by atoms with Gasteiger partial charge in [0.15, 0.2) is 5.13 Å². The van der Waals surface area contributed by atoms with Crippen molar-refractivity contribution in [3.8, 4) is 0 Å². The van der Waals surface area contributed by atoms with Crippen LogP contribution in [-0.2, 0) is 4.74 Å². The number of carbonyl (C=O) groups excluding carboxylic acids is 1. The molecule has 1 aromatic rings. The van der Waals surface area contributed by atoms with Crippen molar-refractivity contribution < 1.29 is 14.6 Å². The van der Waals surface area contributed by atoms with Crippen molar-refractivity contribution in [1.29, 1.82) is 0 Å². The lowest BCUT2D eigenvalue weighted by Gasteiger charge is -2.33. The van der Waals surface area contributed by atoms with Crippen molar-refractivity contribution in [2.75, 3.05) is 44.3 Å². The normalized spacial score (nSPS) is 16.1. The van der Waals surface area contributed by atoms with Crippen LogP contribution in [0.5, 0.6) is 0 Å². The summed E-state index contributed by atoms with van der Waals surface area (Å²) < 4.78 is 4.86. The molecule has 0 atom stereocenters. The molecule has 7 heteroatoms. The Bertz CT molecular complexity index is 350. The van der Waals surface area contributed by atoms with E-state index in [2.05, 4.69) is 9.88 Å². The third-order valence-electron chi connectivity index (χ3n) is 2.54. The molecule has 1 fully saturated rings. The van der Waals surface area contributed by atoms with Crippen molar-refractivity contribution in [2.24, 2.45) is 0 Å². The molecule has 0 unspecified atom stereocenters. The van der Waals surface area contributed by atoms with E-state index < -0.39 is 0 Å². The summed E-state index contributed by atoms with van der Waals surface area (Å²) in [4.78, 5) is 19.6. The fourth-order valence-electron chi connectivity index (χ4n) is 1.68. The van der Waals surface area contributed by atoms with Crippen LogP contribution in [0.3, 0.4) is 0 Å². The second-order valence-corrected chi connectivity index (χ2v) is 4.50. The number of aliphatic hydroxyl groups excluding tert-OH is 1. The molecule has 2 heterocycles. The van der Waals surface area contributed by atoms with E-state index in [1.165, 1.54) is 0 Å². The van der Waals surface area contributed by atoms with Crippen LogP contribution in [0.4, 0.5) is 9.93 Å². The van der Waals surface area contributed by atoms with Crippen molar-refractivity contribution in [3.05, 3.63) is 11.6 Å². The van der Waals surface area contributed by atoms with Gasteiger partial charge in [-0.1, -0.05) is 0 Å². The zero-order valence-electron chi connectivity index (χ0n) is 9.41. The molecular weight excluding hydrogens is 242 g/mol. The van der Waals surface area contributed by atoms with Gasteiger partial charge >= 0.3 is 6.09 Å².